The van der Waals surface area contributed by atoms with Crippen molar-refractivity contribution in [2.24, 2.45) is 0 Å². The van der Waals surface area contributed by atoms with Crippen LogP contribution in [0.3, 0.4) is 0 Å². The second-order valence-corrected chi connectivity index (χ2v) is 7.79. The van der Waals surface area contributed by atoms with Crippen LogP contribution in [0.5, 0.6) is 5.75 Å². The number of rotatable bonds is 5. The van der Waals surface area contributed by atoms with Crippen molar-refractivity contribution in [2.75, 3.05) is 10.6 Å². The molecule has 162 valence electrons. The maximum absolute atomic E-state index is 12.4. The fraction of sp³-hybridized carbons (Fsp3) is 0.160. The molecule has 0 aliphatic rings. The number of nitrogens with zero attached hydrogens (tertiary/aromatic N) is 2. The molecule has 0 spiro atoms. The number of aromatic nitrogens is 2. The summed E-state index contributed by atoms with van der Waals surface area (Å²) in [4.78, 5) is 29.2. The molecule has 0 atom stereocenters. The number of aryl methyl sites for hydroxylation is 3. The number of anilines is 2. The zero-order chi connectivity index (χ0) is 22.7. The number of fused-ring (bicyclic) bond motifs is 1. The number of urea groups is 1. The summed E-state index contributed by atoms with van der Waals surface area (Å²) in [5.41, 5.74) is 5.40. The first-order chi connectivity index (χ1) is 15.4. The van der Waals surface area contributed by atoms with Gasteiger partial charge in [0.1, 0.15) is 18.0 Å². The summed E-state index contributed by atoms with van der Waals surface area (Å²) in [6.45, 7) is 6.03. The van der Waals surface area contributed by atoms with Crippen LogP contribution in [0.2, 0.25) is 0 Å². The Kier molecular flexibility index (Phi) is 5.89. The van der Waals surface area contributed by atoms with E-state index in [2.05, 4.69) is 15.6 Å². The van der Waals surface area contributed by atoms with Gasteiger partial charge in [-0.25, -0.2) is 9.78 Å². The first kappa shape index (κ1) is 21.1. The summed E-state index contributed by atoms with van der Waals surface area (Å²) in [5, 5.41) is 5.65. The third-order valence-electron chi connectivity index (χ3n) is 4.82. The van der Waals surface area contributed by atoms with E-state index in [0.717, 1.165) is 22.4 Å². The zero-order valence-corrected chi connectivity index (χ0v) is 18.2. The van der Waals surface area contributed by atoms with Gasteiger partial charge in [0.15, 0.2) is 0 Å². The topological polar surface area (TPSA) is 84.7 Å². The van der Waals surface area contributed by atoms with Crippen LogP contribution in [0, 0.1) is 20.8 Å². The molecule has 0 bridgehead atoms. The molecule has 2 amide bonds. The Morgan fingerprint density at radius 1 is 0.906 bits per heavy atom. The second kappa shape index (κ2) is 8.93. The Morgan fingerprint density at radius 3 is 2.44 bits per heavy atom. The molecule has 0 fully saturated rings. The van der Waals surface area contributed by atoms with Gasteiger partial charge in [-0.15, -0.1) is 0 Å². The van der Waals surface area contributed by atoms with Crippen LogP contribution in [0.4, 0.5) is 16.2 Å². The van der Waals surface area contributed by atoms with E-state index >= 15 is 0 Å². The molecule has 2 heterocycles. The molecule has 0 saturated carbocycles. The van der Waals surface area contributed by atoms with E-state index in [1.165, 1.54) is 10.5 Å². The molecular formula is C25H24N4O3. The van der Waals surface area contributed by atoms with Gasteiger partial charge >= 0.3 is 6.03 Å². The average Bonchev–Trinajstić information content (AvgIpc) is 2.72. The third kappa shape index (κ3) is 5.13. The van der Waals surface area contributed by atoms with E-state index in [1.807, 2.05) is 45.0 Å². The molecule has 2 aromatic heterocycles. The fourth-order valence-corrected chi connectivity index (χ4v) is 3.49. The summed E-state index contributed by atoms with van der Waals surface area (Å²) >= 11 is 0. The second-order valence-electron chi connectivity index (χ2n) is 7.79. The molecule has 0 saturated heterocycles. The van der Waals surface area contributed by atoms with Crippen molar-refractivity contribution in [1.82, 2.24) is 9.38 Å². The van der Waals surface area contributed by atoms with Gasteiger partial charge in [0.25, 0.3) is 5.56 Å². The van der Waals surface area contributed by atoms with Crippen molar-refractivity contribution in [3.05, 3.63) is 99.6 Å². The molecule has 32 heavy (non-hydrogen) atoms. The summed E-state index contributed by atoms with van der Waals surface area (Å²) in [6.07, 6.45) is 1.76. The molecule has 4 aromatic rings. The molecule has 7 heteroatoms. The smallest absolute Gasteiger partial charge is 0.323 e. The lowest BCUT2D eigenvalue weighted by Gasteiger charge is -2.11. The van der Waals surface area contributed by atoms with Gasteiger partial charge in [-0.1, -0.05) is 18.2 Å². The quantitative estimate of drug-likeness (QED) is 0.476. The SMILES string of the molecule is Cc1cc(C)cc(NC(=O)Nc2cccc(OCc3cc(=O)n4cc(C)ccc4n3)c2)c1. The van der Waals surface area contributed by atoms with E-state index in [-0.39, 0.29) is 18.2 Å². The summed E-state index contributed by atoms with van der Waals surface area (Å²) in [7, 11) is 0. The molecular weight excluding hydrogens is 404 g/mol. The number of hydrogen-bond acceptors (Lipinski definition) is 4. The van der Waals surface area contributed by atoms with Crippen LogP contribution in [0.15, 0.2) is 71.7 Å². The van der Waals surface area contributed by atoms with E-state index < -0.39 is 0 Å². The predicted octanol–water partition coefficient (Wildman–Crippen LogP) is 4.84. The number of nitrogens with one attached hydrogen (secondary N) is 2. The standard InChI is InChI=1S/C25H24N4O3/c1-16-7-8-23-26-21(13-24(30)29(23)14-16)15-32-22-6-4-5-19(12-22)27-25(31)28-20-10-17(2)9-18(3)11-20/h4-14H,15H2,1-3H3,(H2,27,28,31). The largest absolute Gasteiger partial charge is 0.487 e. The normalized spacial score (nSPS) is 10.7. The van der Waals surface area contributed by atoms with Gasteiger partial charge in [0.05, 0.1) is 5.69 Å². The number of amides is 2. The minimum Gasteiger partial charge on any atom is -0.487 e. The molecule has 7 nitrogen and oxygen atoms in total. The number of ether oxygens (including phenoxy) is 1. The van der Waals surface area contributed by atoms with Crippen molar-refractivity contribution in [3.8, 4) is 5.75 Å². The van der Waals surface area contributed by atoms with Crippen LogP contribution >= 0.6 is 0 Å². The Labute approximate surface area is 185 Å². The van der Waals surface area contributed by atoms with Gasteiger partial charge in [0.2, 0.25) is 0 Å². The Bertz CT molecular complexity index is 1340. The van der Waals surface area contributed by atoms with Gasteiger partial charge in [-0.2, -0.15) is 0 Å². The van der Waals surface area contributed by atoms with E-state index in [1.54, 1.807) is 36.5 Å². The predicted molar refractivity (Wildman–Crippen MR) is 126 cm³/mol. The Hall–Kier alpha value is -4.13. The highest BCUT2D eigenvalue weighted by molar-refractivity contribution is 5.99. The first-order valence-electron chi connectivity index (χ1n) is 10.2. The van der Waals surface area contributed by atoms with Crippen LogP contribution < -0.4 is 20.9 Å². The molecule has 0 radical (unpaired) electrons. The van der Waals surface area contributed by atoms with Crippen LogP contribution in [0.1, 0.15) is 22.4 Å². The highest BCUT2D eigenvalue weighted by Gasteiger charge is 2.07. The monoisotopic (exact) mass is 428 g/mol. The molecule has 4 rings (SSSR count). The summed E-state index contributed by atoms with van der Waals surface area (Å²) < 4.78 is 7.32. The number of pyridine rings is 1. The van der Waals surface area contributed by atoms with E-state index in [4.69, 9.17) is 4.74 Å². The highest BCUT2D eigenvalue weighted by Crippen LogP contribution is 2.19. The Morgan fingerprint density at radius 2 is 1.66 bits per heavy atom. The molecule has 2 N–H and O–H groups in total. The van der Waals surface area contributed by atoms with Crippen molar-refractivity contribution in [2.45, 2.75) is 27.4 Å². The van der Waals surface area contributed by atoms with Gasteiger partial charge in [0, 0.05) is 29.7 Å². The van der Waals surface area contributed by atoms with Crippen LogP contribution in [-0.4, -0.2) is 15.4 Å². The first-order valence-corrected chi connectivity index (χ1v) is 10.2. The van der Waals surface area contributed by atoms with E-state index in [0.29, 0.717) is 22.8 Å². The third-order valence-corrected chi connectivity index (χ3v) is 4.82. The minimum absolute atomic E-state index is 0.137. The lowest BCUT2D eigenvalue weighted by molar-refractivity contribution is 0.262. The Balaban J connectivity index is 1.42. The molecule has 0 aliphatic heterocycles. The number of benzene rings is 2. The minimum atomic E-state index is -0.341. The van der Waals surface area contributed by atoms with Crippen LogP contribution in [-0.2, 0) is 6.61 Å². The van der Waals surface area contributed by atoms with Gasteiger partial charge < -0.3 is 15.4 Å². The lowest BCUT2D eigenvalue weighted by Crippen LogP contribution is -2.19. The average molecular weight is 428 g/mol. The number of hydrogen-bond donors (Lipinski definition) is 2. The van der Waals surface area contributed by atoms with Crippen LogP contribution in [0.25, 0.3) is 5.65 Å². The zero-order valence-electron chi connectivity index (χ0n) is 18.2. The molecule has 2 aromatic carbocycles. The number of carbonyl (C=O) groups is 1. The summed E-state index contributed by atoms with van der Waals surface area (Å²) in [6, 6.07) is 17.8. The molecule has 0 unspecified atom stereocenters. The molecule has 0 aliphatic carbocycles. The summed E-state index contributed by atoms with van der Waals surface area (Å²) in [5.74, 6) is 0.556. The fourth-order valence-electron chi connectivity index (χ4n) is 3.49. The van der Waals surface area contributed by atoms with Crippen molar-refractivity contribution in [3.63, 3.8) is 0 Å². The number of carbonyl (C=O) groups excluding carboxylic acids is 1. The maximum Gasteiger partial charge on any atom is 0.323 e. The van der Waals surface area contributed by atoms with Crippen molar-refractivity contribution >= 4 is 23.1 Å². The van der Waals surface area contributed by atoms with Crippen molar-refractivity contribution < 1.29 is 9.53 Å². The maximum atomic E-state index is 12.4. The van der Waals surface area contributed by atoms with Gasteiger partial charge in [-0.3, -0.25) is 9.20 Å². The van der Waals surface area contributed by atoms with E-state index in [9.17, 15) is 9.59 Å². The highest BCUT2D eigenvalue weighted by atomic mass is 16.5. The van der Waals surface area contributed by atoms with Crippen molar-refractivity contribution in [1.29, 1.82) is 0 Å². The lowest BCUT2D eigenvalue weighted by atomic mass is 10.1. The van der Waals surface area contributed by atoms with Gasteiger partial charge in [-0.05, 0) is 67.8 Å².